The van der Waals surface area contributed by atoms with Crippen LogP contribution in [-0.2, 0) is 0 Å². The SMILES string of the molecule is CC(Nc1cccnn1)C1CC2CCC1C2. The molecular weight excluding hydrogens is 198 g/mol. The van der Waals surface area contributed by atoms with E-state index >= 15 is 0 Å². The third-order valence-electron chi connectivity index (χ3n) is 4.38. The van der Waals surface area contributed by atoms with Crippen molar-refractivity contribution < 1.29 is 0 Å². The zero-order valence-electron chi connectivity index (χ0n) is 9.76. The number of hydrogen-bond acceptors (Lipinski definition) is 3. The molecule has 3 nitrogen and oxygen atoms in total. The van der Waals surface area contributed by atoms with Gasteiger partial charge in [0.05, 0.1) is 0 Å². The highest BCUT2D eigenvalue weighted by molar-refractivity contribution is 5.33. The Labute approximate surface area is 96.7 Å². The summed E-state index contributed by atoms with van der Waals surface area (Å²) in [7, 11) is 0. The van der Waals surface area contributed by atoms with Gasteiger partial charge < -0.3 is 5.32 Å². The minimum absolute atomic E-state index is 0.534. The first-order valence-corrected chi connectivity index (χ1v) is 6.37. The van der Waals surface area contributed by atoms with Crippen molar-refractivity contribution in [2.24, 2.45) is 17.8 Å². The van der Waals surface area contributed by atoms with Crippen LogP contribution in [0.4, 0.5) is 5.82 Å². The van der Waals surface area contributed by atoms with Gasteiger partial charge in [0.1, 0.15) is 5.82 Å². The summed E-state index contributed by atoms with van der Waals surface area (Å²) in [5.41, 5.74) is 0. The molecular formula is C13H19N3. The summed E-state index contributed by atoms with van der Waals surface area (Å²) in [5.74, 6) is 3.74. The summed E-state index contributed by atoms with van der Waals surface area (Å²) in [6.07, 6.45) is 7.52. The number of anilines is 1. The van der Waals surface area contributed by atoms with Gasteiger partial charge in [0.2, 0.25) is 0 Å². The molecule has 2 saturated carbocycles. The van der Waals surface area contributed by atoms with Crippen molar-refractivity contribution in [3.8, 4) is 0 Å². The fourth-order valence-corrected chi connectivity index (χ4v) is 3.63. The standard InChI is InChI=1S/C13H19N3/c1-9(15-13-3-2-6-14-16-13)12-8-10-4-5-11(12)7-10/h2-3,6,9-12H,4-5,7-8H2,1H3,(H,15,16). The van der Waals surface area contributed by atoms with Crippen LogP contribution in [0.25, 0.3) is 0 Å². The van der Waals surface area contributed by atoms with Crippen LogP contribution in [0.2, 0.25) is 0 Å². The monoisotopic (exact) mass is 217 g/mol. The topological polar surface area (TPSA) is 37.8 Å². The fourth-order valence-electron chi connectivity index (χ4n) is 3.63. The minimum atomic E-state index is 0.534. The van der Waals surface area contributed by atoms with E-state index in [2.05, 4.69) is 22.4 Å². The number of rotatable bonds is 3. The first kappa shape index (κ1) is 10.1. The van der Waals surface area contributed by atoms with Crippen LogP contribution < -0.4 is 5.32 Å². The Balaban J connectivity index is 1.64. The predicted molar refractivity (Wildman–Crippen MR) is 64.1 cm³/mol. The summed E-state index contributed by atoms with van der Waals surface area (Å²) in [6, 6.07) is 4.46. The van der Waals surface area contributed by atoms with Gasteiger partial charge in [-0.15, -0.1) is 5.10 Å². The maximum Gasteiger partial charge on any atom is 0.148 e. The van der Waals surface area contributed by atoms with Gasteiger partial charge in [-0.25, -0.2) is 0 Å². The Kier molecular flexibility index (Phi) is 2.54. The molecule has 0 saturated heterocycles. The van der Waals surface area contributed by atoms with E-state index in [-0.39, 0.29) is 0 Å². The zero-order valence-corrected chi connectivity index (χ0v) is 9.76. The molecule has 2 fully saturated rings. The van der Waals surface area contributed by atoms with Gasteiger partial charge >= 0.3 is 0 Å². The molecule has 4 unspecified atom stereocenters. The van der Waals surface area contributed by atoms with Gasteiger partial charge in [-0.2, -0.15) is 5.10 Å². The highest BCUT2D eigenvalue weighted by Crippen LogP contribution is 2.49. The average Bonchev–Trinajstić information content (AvgIpc) is 2.92. The maximum atomic E-state index is 4.09. The van der Waals surface area contributed by atoms with E-state index in [0.717, 1.165) is 23.6 Å². The van der Waals surface area contributed by atoms with Crippen molar-refractivity contribution in [3.05, 3.63) is 18.3 Å². The molecule has 16 heavy (non-hydrogen) atoms. The molecule has 0 spiro atoms. The van der Waals surface area contributed by atoms with Gasteiger partial charge in [0, 0.05) is 12.2 Å². The predicted octanol–water partition coefficient (Wildman–Crippen LogP) is 2.71. The maximum absolute atomic E-state index is 4.09. The first-order valence-electron chi connectivity index (χ1n) is 6.37. The molecule has 1 aromatic heterocycles. The molecule has 86 valence electrons. The van der Waals surface area contributed by atoms with Crippen LogP contribution in [0.3, 0.4) is 0 Å². The lowest BCUT2D eigenvalue weighted by Crippen LogP contribution is -2.30. The summed E-state index contributed by atoms with van der Waals surface area (Å²) in [5, 5.41) is 11.5. The molecule has 1 aromatic rings. The van der Waals surface area contributed by atoms with Gasteiger partial charge in [-0.1, -0.05) is 6.42 Å². The van der Waals surface area contributed by atoms with Crippen LogP contribution in [0.1, 0.15) is 32.6 Å². The second kappa shape index (κ2) is 4.04. The van der Waals surface area contributed by atoms with E-state index in [1.807, 2.05) is 12.1 Å². The van der Waals surface area contributed by atoms with Gasteiger partial charge in [0.25, 0.3) is 0 Å². The van der Waals surface area contributed by atoms with Crippen LogP contribution in [0.5, 0.6) is 0 Å². The number of nitrogens with zero attached hydrogens (tertiary/aromatic N) is 2. The van der Waals surface area contributed by atoms with Crippen LogP contribution in [0.15, 0.2) is 18.3 Å². The fraction of sp³-hybridized carbons (Fsp3) is 0.692. The van der Waals surface area contributed by atoms with Crippen molar-refractivity contribution in [2.75, 3.05) is 5.32 Å². The molecule has 0 aliphatic heterocycles. The quantitative estimate of drug-likeness (QED) is 0.846. The smallest absolute Gasteiger partial charge is 0.148 e. The number of aromatic nitrogens is 2. The Morgan fingerprint density at radius 2 is 2.31 bits per heavy atom. The molecule has 3 heteroatoms. The van der Waals surface area contributed by atoms with Crippen LogP contribution >= 0.6 is 0 Å². The van der Waals surface area contributed by atoms with Crippen LogP contribution in [0, 0.1) is 17.8 Å². The van der Waals surface area contributed by atoms with Crippen molar-refractivity contribution in [1.29, 1.82) is 0 Å². The highest BCUT2D eigenvalue weighted by atomic mass is 15.2. The van der Waals surface area contributed by atoms with Crippen LogP contribution in [-0.4, -0.2) is 16.2 Å². The van der Waals surface area contributed by atoms with Crippen molar-refractivity contribution in [1.82, 2.24) is 10.2 Å². The van der Waals surface area contributed by atoms with Gasteiger partial charge in [-0.3, -0.25) is 0 Å². The molecule has 4 atom stereocenters. The Morgan fingerprint density at radius 1 is 1.38 bits per heavy atom. The molecule has 2 aliphatic carbocycles. The Hall–Kier alpha value is -1.12. The van der Waals surface area contributed by atoms with E-state index in [4.69, 9.17) is 0 Å². The zero-order chi connectivity index (χ0) is 11.0. The van der Waals surface area contributed by atoms with E-state index < -0.39 is 0 Å². The molecule has 0 amide bonds. The molecule has 0 aromatic carbocycles. The lowest BCUT2D eigenvalue weighted by atomic mass is 9.84. The summed E-state index contributed by atoms with van der Waals surface area (Å²) in [6.45, 7) is 2.29. The Morgan fingerprint density at radius 3 is 2.94 bits per heavy atom. The Bertz CT molecular complexity index is 351. The van der Waals surface area contributed by atoms with Crippen molar-refractivity contribution >= 4 is 5.82 Å². The number of fused-ring (bicyclic) bond motifs is 2. The summed E-state index contributed by atoms with van der Waals surface area (Å²) >= 11 is 0. The third kappa shape index (κ3) is 1.79. The lowest BCUT2D eigenvalue weighted by molar-refractivity contribution is 0.304. The van der Waals surface area contributed by atoms with E-state index in [0.29, 0.717) is 6.04 Å². The molecule has 1 N–H and O–H groups in total. The lowest BCUT2D eigenvalue weighted by Gasteiger charge is -2.28. The summed E-state index contributed by atoms with van der Waals surface area (Å²) in [4.78, 5) is 0. The second-order valence-corrected chi connectivity index (χ2v) is 5.38. The molecule has 2 bridgehead atoms. The van der Waals surface area contributed by atoms with Crippen molar-refractivity contribution in [2.45, 2.75) is 38.6 Å². The van der Waals surface area contributed by atoms with E-state index in [1.54, 1.807) is 6.20 Å². The number of hydrogen-bond donors (Lipinski definition) is 1. The third-order valence-corrected chi connectivity index (χ3v) is 4.38. The van der Waals surface area contributed by atoms with E-state index in [9.17, 15) is 0 Å². The van der Waals surface area contributed by atoms with Crippen molar-refractivity contribution in [3.63, 3.8) is 0 Å². The second-order valence-electron chi connectivity index (χ2n) is 5.38. The number of nitrogens with one attached hydrogen (secondary N) is 1. The summed E-state index contributed by atoms with van der Waals surface area (Å²) < 4.78 is 0. The largest absolute Gasteiger partial charge is 0.366 e. The van der Waals surface area contributed by atoms with Gasteiger partial charge in [-0.05, 0) is 56.1 Å². The van der Waals surface area contributed by atoms with Gasteiger partial charge in [0.15, 0.2) is 0 Å². The molecule has 1 heterocycles. The average molecular weight is 217 g/mol. The molecule has 0 radical (unpaired) electrons. The minimum Gasteiger partial charge on any atom is -0.366 e. The van der Waals surface area contributed by atoms with E-state index in [1.165, 1.54) is 25.7 Å². The highest BCUT2D eigenvalue weighted by Gasteiger charge is 2.41. The normalized spacial score (nSPS) is 33.9. The molecule has 2 aliphatic rings. The molecule has 3 rings (SSSR count). The first-order chi connectivity index (χ1) is 7.83.